The van der Waals surface area contributed by atoms with E-state index in [0.29, 0.717) is 29.6 Å². The van der Waals surface area contributed by atoms with E-state index in [0.717, 1.165) is 46.7 Å². The van der Waals surface area contributed by atoms with Gasteiger partial charge in [-0.1, -0.05) is 19.9 Å². The number of methoxy groups -OCH3 is 2. The molecule has 1 aliphatic heterocycles. The lowest BCUT2D eigenvalue weighted by atomic mass is 10.0. The number of piperidine rings is 1. The smallest absolute Gasteiger partial charge is 0.204 e. The molecule has 1 amide bonds. The van der Waals surface area contributed by atoms with Gasteiger partial charge in [-0.25, -0.2) is 0 Å². The number of nitrogens with two attached hydrogens (primary N) is 1. The molecule has 1 aromatic heterocycles. The summed E-state index contributed by atoms with van der Waals surface area (Å²) in [6, 6.07) is 21.1. The minimum absolute atomic E-state index is 0.111. The molecule has 0 saturated carbocycles. The first kappa shape index (κ1) is 37.6. The lowest BCUT2D eigenvalue weighted by Gasteiger charge is -2.33. The third-order valence-corrected chi connectivity index (χ3v) is 7.23. The van der Waals surface area contributed by atoms with Crippen LogP contribution in [0.5, 0.6) is 23.0 Å². The van der Waals surface area contributed by atoms with Gasteiger partial charge in [-0.2, -0.15) is 0 Å². The SMILES string of the molecule is CC.CNC1CCN(c2ccc(Nc3ccc(C)c(Oc4ccnc5cc(OC)c(OC)cc45)c3)cc2)CC1.NC=O.O=CCCl. The summed E-state index contributed by atoms with van der Waals surface area (Å²) in [4.78, 5) is 24.6. The first-order valence-corrected chi connectivity index (χ1v) is 15.7. The van der Waals surface area contributed by atoms with Crippen LogP contribution in [-0.2, 0) is 9.59 Å². The van der Waals surface area contributed by atoms with Crippen LogP contribution >= 0.6 is 11.6 Å². The number of aromatic nitrogens is 1. The number of halogens is 1. The van der Waals surface area contributed by atoms with Crippen molar-refractivity contribution in [3.05, 3.63) is 72.4 Å². The minimum Gasteiger partial charge on any atom is -0.493 e. The Bertz CT molecular complexity index is 1500. The van der Waals surface area contributed by atoms with Crippen LogP contribution in [0.4, 0.5) is 17.1 Å². The Labute approximate surface area is 277 Å². The predicted molar refractivity (Wildman–Crippen MR) is 189 cm³/mol. The van der Waals surface area contributed by atoms with Crippen molar-refractivity contribution in [1.82, 2.24) is 10.3 Å². The van der Waals surface area contributed by atoms with Crippen molar-refractivity contribution in [3.8, 4) is 23.0 Å². The molecule has 0 atom stereocenters. The number of benzene rings is 3. The molecule has 5 rings (SSSR count). The first-order valence-electron chi connectivity index (χ1n) is 15.1. The van der Waals surface area contributed by atoms with Gasteiger partial charge >= 0.3 is 0 Å². The van der Waals surface area contributed by atoms with E-state index >= 15 is 0 Å². The molecule has 1 saturated heterocycles. The van der Waals surface area contributed by atoms with Crippen LogP contribution < -0.4 is 35.5 Å². The van der Waals surface area contributed by atoms with Gasteiger partial charge in [-0.15, -0.1) is 11.6 Å². The maximum absolute atomic E-state index is 9.04. The summed E-state index contributed by atoms with van der Waals surface area (Å²) in [5, 5.41) is 7.76. The predicted octanol–water partition coefficient (Wildman–Crippen LogP) is 6.84. The van der Waals surface area contributed by atoms with Crippen LogP contribution in [0.2, 0.25) is 0 Å². The Morgan fingerprint density at radius 3 is 2.07 bits per heavy atom. The van der Waals surface area contributed by atoms with Gasteiger partial charge in [0.25, 0.3) is 0 Å². The second-order valence-electron chi connectivity index (χ2n) is 9.79. The Balaban J connectivity index is 0.000000736. The molecular formula is C35H46ClN5O5. The quantitative estimate of drug-likeness (QED) is 0.132. The number of aldehydes is 1. The standard InChI is InChI=1S/C30H34N4O3.C2H3ClO.C2H6.CH3NO/c1-20-5-6-23(33-22-7-9-24(10-8-22)34-15-12-21(31-2)13-16-34)17-28(20)37-27-11-14-32-26-19-30(36-4)29(35-3)18-25(26)27;3-1-2-4;1-2;2-1-3/h5-11,14,17-19,21,31,33H,12-13,15-16H2,1-4H3;2H,1H2;1-2H3;1H,(H2,2,3). The summed E-state index contributed by atoms with van der Waals surface area (Å²) in [5.41, 5.74) is 9.24. The number of nitrogens with zero attached hydrogens (tertiary/aromatic N) is 2. The largest absolute Gasteiger partial charge is 0.493 e. The normalized spacial score (nSPS) is 12.2. The fraction of sp³-hybridized carbons (Fsp3) is 0.343. The van der Waals surface area contributed by atoms with Crippen molar-refractivity contribution in [2.45, 2.75) is 39.7 Å². The molecule has 11 heteroatoms. The highest BCUT2D eigenvalue weighted by atomic mass is 35.5. The first-order chi connectivity index (χ1) is 22.4. The molecule has 1 aliphatic rings. The van der Waals surface area contributed by atoms with Gasteiger partial charge in [0, 0.05) is 59.9 Å². The second-order valence-corrected chi connectivity index (χ2v) is 10.1. The van der Waals surface area contributed by atoms with Crippen molar-refractivity contribution in [1.29, 1.82) is 0 Å². The van der Waals surface area contributed by atoms with Gasteiger partial charge in [0.05, 0.1) is 25.6 Å². The highest BCUT2D eigenvalue weighted by Crippen LogP contribution is 2.38. The van der Waals surface area contributed by atoms with E-state index in [1.54, 1.807) is 20.4 Å². The fourth-order valence-corrected chi connectivity index (χ4v) is 4.79. The van der Waals surface area contributed by atoms with Crippen molar-refractivity contribution in [2.75, 3.05) is 50.5 Å². The van der Waals surface area contributed by atoms with E-state index in [2.05, 4.69) is 69.7 Å². The van der Waals surface area contributed by atoms with Crippen molar-refractivity contribution < 1.29 is 23.8 Å². The molecule has 10 nitrogen and oxygen atoms in total. The molecule has 0 unspecified atom stereocenters. The Morgan fingerprint density at radius 1 is 0.913 bits per heavy atom. The minimum atomic E-state index is 0.111. The molecular weight excluding hydrogens is 606 g/mol. The average Bonchev–Trinajstić information content (AvgIpc) is 3.11. The van der Waals surface area contributed by atoms with E-state index in [1.165, 1.54) is 18.5 Å². The molecule has 0 aliphatic carbocycles. The molecule has 248 valence electrons. The highest BCUT2D eigenvalue weighted by molar-refractivity contribution is 6.24. The number of carbonyl (C=O) groups is 2. The number of rotatable bonds is 9. The molecule has 46 heavy (non-hydrogen) atoms. The summed E-state index contributed by atoms with van der Waals surface area (Å²) in [6.45, 7) is 8.21. The average molecular weight is 652 g/mol. The molecule has 0 spiro atoms. The van der Waals surface area contributed by atoms with Gasteiger partial charge in [-0.3, -0.25) is 9.78 Å². The third-order valence-electron chi connectivity index (χ3n) is 7.10. The molecule has 2 heterocycles. The zero-order valence-corrected chi connectivity index (χ0v) is 28.3. The number of anilines is 3. The molecule has 4 N–H and O–H groups in total. The van der Waals surface area contributed by atoms with E-state index in [4.69, 9.17) is 35.4 Å². The van der Waals surface area contributed by atoms with Crippen molar-refractivity contribution >= 4 is 52.3 Å². The molecule has 0 bridgehead atoms. The van der Waals surface area contributed by atoms with E-state index in [1.807, 2.05) is 45.0 Å². The zero-order valence-electron chi connectivity index (χ0n) is 27.5. The molecule has 4 aromatic rings. The van der Waals surface area contributed by atoms with E-state index in [-0.39, 0.29) is 12.3 Å². The number of nitrogens with one attached hydrogen (secondary N) is 2. The number of aryl methyl sites for hydroxylation is 1. The van der Waals surface area contributed by atoms with Crippen LogP contribution in [0, 0.1) is 6.92 Å². The second kappa shape index (κ2) is 20.5. The Morgan fingerprint density at radius 2 is 1.50 bits per heavy atom. The summed E-state index contributed by atoms with van der Waals surface area (Å²) >= 11 is 4.82. The van der Waals surface area contributed by atoms with Gasteiger partial charge in [-0.05, 0) is 74.8 Å². The number of primary amides is 1. The number of carbonyl (C=O) groups excluding carboxylic acids is 2. The Kier molecular flexibility index (Phi) is 16.8. The fourth-order valence-electron chi connectivity index (χ4n) is 4.79. The van der Waals surface area contributed by atoms with E-state index in [9.17, 15) is 0 Å². The van der Waals surface area contributed by atoms with Crippen molar-refractivity contribution in [2.24, 2.45) is 5.73 Å². The van der Waals surface area contributed by atoms with Crippen LogP contribution in [0.15, 0.2) is 66.9 Å². The number of alkyl halides is 1. The van der Waals surface area contributed by atoms with Crippen LogP contribution in [0.25, 0.3) is 10.9 Å². The topological polar surface area (TPSA) is 128 Å². The number of amides is 1. The third kappa shape index (κ3) is 10.8. The monoisotopic (exact) mass is 651 g/mol. The molecule has 3 aromatic carbocycles. The molecule has 0 radical (unpaired) electrons. The van der Waals surface area contributed by atoms with E-state index < -0.39 is 0 Å². The summed E-state index contributed by atoms with van der Waals surface area (Å²) in [6.07, 6.45) is 4.98. The summed E-state index contributed by atoms with van der Waals surface area (Å²) in [7, 11) is 5.29. The van der Waals surface area contributed by atoms with Crippen molar-refractivity contribution in [3.63, 3.8) is 0 Å². The lowest BCUT2D eigenvalue weighted by molar-refractivity contribution is -0.107. The summed E-state index contributed by atoms with van der Waals surface area (Å²) in [5.74, 6) is 2.86. The van der Waals surface area contributed by atoms with Gasteiger partial charge < -0.3 is 40.3 Å². The number of pyridine rings is 1. The van der Waals surface area contributed by atoms with Crippen LogP contribution in [-0.4, -0.2) is 64.0 Å². The Hall–Kier alpha value is -4.54. The lowest BCUT2D eigenvalue weighted by Crippen LogP contribution is -2.41. The van der Waals surface area contributed by atoms with Gasteiger partial charge in [0.15, 0.2) is 11.5 Å². The number of ether oxygens (including phenoxy) is 3. The summed E-state index contributed by atoms with van der Waals surface area (Å²) < 4.78 is 17.3. The number of hydrogen-bond donors (Lipinski definition) is 3. The number of fused-ring (bicyclic) bond motifs is 1. The van der Waals surface area contributed by atoms with Gasteiger partial charge in [0.1, 0.15) is 17.8 Å². The zero-order chi connectivity index (χ0) is 33.9. The number of hydrogen-bond acceptors (Lipinski definition) is 9. The molecule has 1 fully saturated rings. The van der Waals surface area contributed by atoms with Gasteiger partial charge in [0.2, 0.25) is 6.41 Å². The van der Waals surface area contributed by atoms with Crippen LogP contribution in [0.3, 0.4) is 0 Å². The van der Waals surface area contributed by atoms with Crippen LogP contribution in [0.1, 0.15) is 32.3 Å². The highest BCUT2D eigenvalue weighted by Gasteiger charge is 2.18. The maximum Gasteiger partial charge on any atom is 0.204 e. The maximum atomic E-state index is 9.04.